The molecule has 198 valence electrons. The Morgan fingerprint density at radius 1 is 1.19 bits per heavy atom. The number of piperazine rings is 1. The maximum Gasteiger partial charge on any atom is 0.239 e. The Bertz CT molecular complexity index is 940. The molecule has 0 spiro atoms. The van der Waals surface area contributed by atoms with Crippen LogP contribution in [0.2, 0.25) is 0 Å². The minimum Gasteiger partial charge on any atom is -0.392 e. The number of carbonyl (C=O) groups excluding carboxylic acids is 2. The molecule has 8 heteroatoms. The Kier molecular flexibility index (Phi) is 9.70. The summed E-state index contributed by atoms with van der Waals surface area (Å²) in [5.74, 6) is -0.914. The standard InChI is InChI=1S/C28H43N5O3/c1-28(2,3)30-27(36)25-20-32(18-22-11-8-12-31(4)17-22)13-14-33(25)19-24(34)16-23(26(29)35)15-21-9-6-5-7-10-21/h5-12,23-25,34H,13-20H2,1-4H3,(H2,29,35)(H,30,36)/t23-,24?,25+/m1/s1. The quantitative estimate of drug-likeness (QED) is 0.451. The Hall–Kier alpha value is -2.68. The average Bonchev–Trinajstić information content (AvgIpc) is 2.79. The lowest BCUT2D eigenvalue weighted by Gasteiger charge is -2.42. The highest BCUT2D eigenvalue weighted by Gasteiger charge is 2.35. The summed E-state index contributed by atoms with van der Waals surface area (Å²) in [5, 5.41) is 14.1. The van der Waals surface area contributed by atoms with Crippen molar-refractivity contribution in [2.75, 3.05) is 46.3 Å². The van der Waals surface area contributed by atoms with Gasteiger partial charge in [0.05, 0.1) is 6.10 Å². The highest BCUT2D eigenvalue weighted by Crippen LogP contribution is 2.19. The maximum atomic E-state index is 13.3. The van der Waals surface area contributed by atoms with Crippen LogP contribution in [0.5, 0.6) is 0 Å². The predicted octanol–water partition coefficient (Wildman–Crippen LogP) is 1.37. The number of aliphatic hydroxyl groups excluding tert-OH is 1. The number of benzene rings is 1. The van der Waals surface area contributed by atoms with Crippen LogP contribution in [-0.2, 0) is 16.0 Å². The van der Waals surface area contributed by atoms with E-state index >= 15 is 0 Å². The van der Waals surface area contributed by atoms with Crippen LogP contribution in [0.4, 0.5) is 0 Å². The van der Waals surface area contributed by atoms with Gasteiger partial charge in [0, 0.05) is 57.8 Å². The van der Waals surface area contributed by atoms with Crippen LogP contribution < -0.4 is 11.1 Å². The lowest BCUT2D eigenvalue weighted by molar-refractivity contribution is -0.131. The molecule has 4 N–H and O–H groups in total. The maximum absolute atomic E-state index is 13.3. The van der Waals surface area contributed by atoms with E-state index in [1.165, 1.54) is 5.57 Å². The fourth-order valence-corrected chi connectivity index (χ4v) is 4.95. The van der Waals surface area contributed by atoms with Gasteiger partial charge in [-0.2, -0.15) is 0 Å². The lowest BCUT2D eigenvalue weighted by atomic mass is 9.92. The SMILES string of the molecule is CN1C=CC=C(CN2CCN(CC(O)C[C@@H](Cc3ccccc3)C(N)=O)[C@H](C(=O)NC(C)(C)C)C2)C1. The summed E-state index contributed by atoms with van der Waals surface area (Å²) < 4.78 is 0. The molecule has 3 rings (SSSR count). The third-order valence-corrected chi connectivity index (χ3v) is 6.66. The third-order valence-electron chi connectivity index (χ3n) is 6.66. The highest BCUT2D eigenvalue weighted by atomic mass is 16.3. The van der Waals surface area contributed by atoms with Gasteiger partial charge in [-0.15, -0.1) is 0 Å². The van der Waals surface area contributed by atoms with Gasteiger partial charge in [-0.1, -0.05) is 36.4 Å². The van der Waals surface area contributed by atoms with Gasteiger partial charge in [-0.05, 0) is 57.0 Å². The van der Waals surface area contributed by atoms with E-state index in [1.54, 1.807) is 0 Å². The topological polar surface area (TPSA) is 102 Å². The molecule has 2 amide bonds. The first-order chi connectivity index (χ1) is 17.0. The first-order valence-corrected chi connectivity index (χ1v) is 12.9. The third kappa shape index (κ3) is 8.76. The summed E-state index contributed by atoms with van der Waals surface area (Å²) in [7, 11) is 2.06. The first-order valence-electron chi connectivity index (χ1n) is 12.9. The molecule has 0 aliphatic carbocycles. The monoisotopic (exact) mass is 497 g/mol. The van der Waals surface area contributed by atoms with E-state index in [4.69, 9.17) is 5.73 Å². The minimum atomic E-state index is -0.762. The molecule has 1 fully saturated rings. The van der Waals surface area contributed by atoms with Gasteiger partial charge >= 0.3 is 0 Å². The van der Waals surface area contributed by atoms with Crippen LogP contribution in [0.3, 0.4) is 0 Å². The number of allylic oxidation sites excluding steroid dienone is 2. The largest absolute Gasteiger partial charge is 0.392 e. The molecular weight excluding hydrogens is 454 g/mol. The van der Waals surface area contributed by atoms with Crippen LogP contribution >= 0.6 is 0 Å². The number of aliphatic hydroxyl groups is 1. The van der Waals surface area contributed by atoms with E-state index in [0.29, 0.717) is 26.1 Å². The van der Waals surface area contributed by atoms with Crippen LogP contribution in [0, 0.1) is 5.92 Å². The number of nitrogens with zero attached hydrogens (tertiary/aromatic N) is 3. The van der Waals surface area contributed by atoms with Crippen molar-refractivity contribution in [2.45, 2.75) is 51.3 Å². The Morgan fingerprint density at radius 2 is 1.92 bits per heavy atom. The Morgan fingerprint density at radius 3 is 2.56 bits per heavy atom. The van der Waals surface area contributed by atoms with Crippen molar-refractivity contribution in [3.8, 4) is 0 Å². The van der Waals surface area contributed by atoms with Crippen molar-refractivity contribution < 1.29 is 14.7 Å². The van der Waals surface area contributed by atoms with Crippen LogP contribution in [0.25, 0.3) is 0 Å². The number of rotatable bonds is 10. The zero-order valence-electron chi connectivity index (χ0n) is 22.2. The minimum absolute atomic E-state index is 0.0372. The van der Waals surface area contributed by atoms with Gasteiger partial charge in [0.25, 0.3) is 0 Å². The van der Waals surface area contributed by atoms with Crippen LogP contribution in [0.15, 0.2) is 54.3 Å². The van der Waals surface area contributed by atoms with Crippen molar-refractivity contribution in [2.24, 2.45) is 11.7 Å². The molecule has 2 heterocycles. The average molecular weight is 498 g/mol. The molecule has 2 aliphatic rings. The van der Waals surface area contributed by atoms with E-state index in [-0.39, 0.29) is 23.9 Å². The fraction of sp³-hybridized carbons (Fsp3) is 0.571. The van der Waals surface area contributed by atoms with Gasteiger partial charge in [0.1, 0.15) is 6.04 Å². The predicted molar refractivity (Wildman–Crippen MR) is 143 cm³/mol. The van der Waals surface area contributed by atoms with Gasteiger partial charge in [0.15, 0.2) is 0 Å². The van der Waals surface area contributed by atoms with Crippen molar-refractivity contribution >= 4 is 11.8 Å². The van der Waals surface area contributed by atoms with Gasteiger partial charge in [0.2, 0.25) is 11.8 Å². The van der Waals surface area contributed by atoms with Crippen molar-refractivity contribution in [1.29, 1.82) is 0 Å². The molecule has 2 aliphatic heterocycles. The van der Waals surface area contributed by atoms with Crippen molar-refractivity contribution in [3.05, 3.63) is 59.8 Å². The van der Waals surface area contributed by atoms with Crippen LogP contribution in [0.1, 0.15) is 32.8 Å². The molecule has 8 nitrogen and oxygen atoms in total. The van der Waals surface area contributed by atoms with Crippen LogP contribution in [-0.4, -0.2) is 95.6 Å². The molecular formula is C28H43N5O3. The molecule has 3 atom stereocenters. The summed E-state index contributed by atoms with van der Waals surface area (Å²) in [5.41, 5.74) is 7.66. The smallest absolute Gasteiger partial charge is 0.239 e. The second kappa shape index (κ2) is 12.5. The Balaban J connectivity index is 1.65. The summed E-state index contributed by atoms with van der Waals surface area (Å²) in [6, 6.07) is 9.33. The molecule has 0 aromatic heterocycles. The number of nitrogens with two attached hydrogens (primary N) is 1. The van der Waals surface area contributed by atoms with E-state index in [0.717, 1.165) is 25.2 Å². The first kappa shape index (κ1) is 27.9. The van der Waals surface area contributed by atoms with E-state index in [2.05, 4.69) is 45.4 Å². The highest BCUT2D eigenvalue weighted by molar-refractivity contribution is 5.82. The number of likely N-dealkylation sites (N-methyl/N-ethyl adjacent to an activating group) is 1. The molecule has 1 saturated heterocycles. The van der Waals surface area contributed by atoms with Crippen molar-refractivity contribution in [3.63, 3.8) is 0 Å². The molecule has 0 saturated carbocycles. The molecule has 1 aromatic rings. The summed E-state index contributed by atoms with van der Waals surface area (Å²) in [6.07, 6.45) is 6.26. The molecule has 1 aromatic carbocycles. The number of nitrogens with one attached hydrogen (secondary N) is 1. The zero-order chi connectivity index (χ0) is 26.3. The number of hydrogen-bond acceptors (Lipinski definition) is 6. The molecule has 0 bridgehead atoms. The van der Waals surface area contributed by atoms with Gasteiger partial charge in [-0.25, -0.2) is 0 Å². The number of hydrogen-bond donors (Lipinski definition) is 3. The zero-order valence-corrected chi connectivity index (χ0v) is 22.2. The number of carbonyl (C=O) groups is 2. The van der Waals surface area contributed by atoms with Crippen molar-refractivity contribution in [1.82, 2.24) is 20.0 Å². The number of primary amides is 1. The normalized spacial score (nSPS) is 21.1. The van der Waals surface area contributed by atoms with E-state index < -0.39 is 17.9 Å². The van der Waals surface area contributed by atoms with Gasteiger partial charge < -0.3 is 21.1 Å². The summed E-state index contributed by atoms with van der Waals surface area (Å²) in [6.45, 7) is 9.99. The van der Waals surface area contributed by atoms with E-state index in [9.17, 15) is 14.7 Å². The molecule has 1 unspecified atom stereocenters. The number of amides is 2. The fourth-order valence-electron chi connectivity index (χ4n) is 4.95. The van der Waals surface area contributed by atoms with Gasteiger partial charge in [-0.3, -0.25) is 19.4 Å². The molecule has 36 heavy (non-hydrogen) atoms. The second-order valence-corrected chi connectivity index (χ2v) is 11.2. The number of β-amino-alcohol motifs (C(OH)–C–C–N with tert-alkyl or cyclic N) is 1. The lowest BCUT2D eigenvalue weighted by Crippen LogP contribution is -2.62. The molecule has 0 radical (unpaired) electrons. The van der Waals surface area contributed by atoms with E-state index in [1.807, 2.05) is 51.1 Å². The summed E-state index contributed by atoms with van der Waals surface area (Å²) >= 11 is 0. The second-order valence-electron chi connectivity index (χ2n) is 11.2. The Labute approximate surface area is 215 Å². The summed E-state index contributed by atoms with van der Waals surface area (Å²) in [4.78, 5) is 32.0.